The van der Waals surface area contributed by atoms with Crippen molar-refractivity contribution in [2.24, 2.45) is 74.5 Å². The van der Waals surface area contributed by atoms with Gasteiger partial charge >= 0.3 is 17.6 Å². The molecule has 0 fully saturated rings. The number of halogens is 1. The summed E-state index contributed by atoms with van der Waals surface area (Å²) in [6.07, 6.45) is -0.608. The van der Waals surface area contributed by atoms with E-state index in [-0.39, 0.29) is 28.9 Å². The number of benzene rings is 2. The number of carbonyl (C=O) groups excluding carboxylic acids is 3. The average molecular weight is 1540 g/mol. The van der Waals surface area contributed by atoms with E-state index >= 15 is 0 Å². The minimum Gasteiger partial charge on any atom is -0.414 e. The predicted octanol–water partition coefficient (Wildman–Crippen LogP) is -5.14. The van der Waals surface area contributed by atoms with Gasteiger partial charge in [0.25, 0.3) is 11.4 Å². The van der Waals surface area contributed by atoms with Gasteiger partial charge in [0.15, 0.2) is 11.6 Å². The molecule has 0 spiro atoms. The molecule has 40 nitrogen and oxygen atoms in total. The second-order valence-corrected chi connectivity index (χ2v) is 24.4. The lowest BCUT2D eigenvalue weighted by Gasteiger charge is -2.27. The zero-order chi connectivity index (χ0) is 79.9. The van der Waals surface area contributed by atoms with Crippen molar-refractivity contribution < 1.29 is 52.7 Å². The molecule has 0 heterocycles. The van der Waals surface area contributed by atoms with Crippen LogP contribution in [0.1, 0.15) is 27.7 Å². The summed E-state index contributed by atoms with van der Waals surface area (Å²) in [7, 11) is 0. The molecule has 106 heavy (non-hydrogen) atoms. The van der Waals surface area contributed by atoms with Crippen LogP contribution in [0.5, 0.6) is 11.5 Å². The molecule has 0 unspecified atom stereocenters. The summed E-state index contributed by atoms with van der Waals surface area (Å²) in [6.45, 7) is 38.6. The van der Waals surface area contributed by atoms with Crippen molar-refractivity contribution >= 4 is 40.5 Å². The number of nitrogens with zero attached hydrogens (tertiary/aromatic N) is 8. The molecule has 0 aromatic heterocycles. The molecule has 0 saturated carbocycles. The van der Waals surface area contributed by atoms with Crippen molar-refractivity contribution in [2.45, 2.75) is 39.3 Å². The Morgan fingerprint density at radius 2 is 0.613 bits per heavy atom. The summed E-state index contributed by atoms with van der Waals surface area (Å²) in [4.78, 5) is 67.8. The summed E-state index contributed by atoms with van der Waals surface area (Å²) in [5.41, 5.74) is 70.9. The van der Waals surface area contributed by atoms with Crippen LogP contribution < -0.4 is 116 Å². The maximum absolute atomic E-state index is 12.1. The topological polar surface area (TPSA) is 623 Å². The largest absolute Gasteiger partial charge is 0.414 e. The number of rotatable bonds is 61. The number of non-ortho nitro benzene ring substituents is 2. The third-order valence-corrected chi connectivity index (χ3v) is 14.6. The molecule has 2 aromatic carbocycles. The van der Waals surface area contributed by atoms with Crippen LogP contribution in [0.25, 0.3) is 0 Å². The molecule has 2 rings (SSSR count). The molecule has 0 bridgehead atoms. The smallest absolute Gasteiger partial charge is 0.412 e. The average Bonchev–Trinajstić information content (AvgIpc) is 0.890. The quantitative estimate of drug-likeness (QED) is 0.00968. The SMILES string of the molecule is CC(C)(OCCN)OCCN.CC(C)(OCCN)OCCNC(=O)NCCN(CCNCCN)CCN(CCN)CCN.NCCNCCN(CCN)CCN(CCN)CCN.NCCNCCN(CCNC(=O)Oc1ccc([N+](=O)[O-])cc1)CCN(CCN)CCN.O=C(Cl)Oc1ccc([N+](=O)[O-])cc1. The van der Waals surface area contributed by atoms with Gasteiger partial charge in [-0.25, -0.2) is 14.4 Å². The number of urea groups is 1. The van der Waals surface area contributed by atoms with Crippen LogP contribution in [0, 0.1) is 20.2 Å². The van der Waals surface area contributed by atoms with Crippen molar-refractivity contribution in [1.82, 2.24) is 61.3 Å². The van der Waals surface area contributed by atoms with Gasteiger partial charge < -0.3 is 135 Å². The normalized spacial score (nSPS) is 11.4. The highest BCUT2D eigenvalue weighted by molar-refractivity contribution is 6.61. The molecule has 0 atom stereocenters. The first-order valence-corrected chi connectivity index (χ1v) is 36.7. The summed E-state index contributed by atoms with van der Waals surface area (Å²) in [6, 6.07) is 10.1. The number of nitrogens with two attached hydrogens (primary N) is 13. The molecule has 620 valence electrons. The third-order valence-electron chi connectivity index (χ3n) is 14.5. The molecule has 0 radical (unpaired) electrons. The lowest BCUT2D eigenvalue weighted by Crippen LogP contribution is -2.46. The molecule has 0 aliphatic rings. The second kappa shape index (κ2) is 72.4. The first kappa shape index (κ1) is 105. The number of nitro benzene ring substituents is 2. The number of nitrogens with one attached hydrogen (secondary N) is 6. The van der Waals surface area contributed by atoms with E-state index in [1.165, 1.54) is 48.5 Å². The van der Waals surface area contributed by atoms with Gasteiger partial charge in [-0.2, -0.15) is 0 Å². The standard InChI is InChI=1S/C20H49N9O3.C19H36N8O4.C12H33N7.C7H4ClNO4.C7H18N2O2/c1-20(2,31-17-6-24)32-18-10-27-19(30)26-9-14-29(13-8-25-7-3-21)16-15-28(11-4-22)12-5-23;20-5-8-23-9-13-26(16-15-25(11-6-21)12-7-22)14-10-24-19(28)31-18-3-1-17(2-4-18)27(29)30;13-1-5-17-6-10-19(9-4-16)12-11-18(7-2-14)8-3-15;8-7(10)13-6-3-1-5(2-4-6)9(11)12;1-7(2,10-5-3-8)11-6-4-9/h25H,3-18,21-24H2,1-2H3,(H2,26,27,30);1-4,23H,5-16,20-22H2,(H,24,28);17H,1-16H2;1-4H;3-6,8-9H2,1-2H3. The Hall–Kier alpha value is -5.50. The number of hydrogen-bond donors (Lipinski definition) is 19. The van der Waals surface area contributed by atoms with Gasteiger partial charge in [-0.05, 0) is 52.0 Å². The van der Waals surface area contributed by atoms with E-state index in [2.05, 4.69) is 66.0 Å². The summed E-state index contributed by atoms with van der Waals surface area (Å²) in [5.74, 6) is -0.869. The van der Waals surface area contributed by atoms with E-state index in [1.54, 1.807) is 0 Å². The Balaban J connectivity index is -0.00000132. The lowest BCUT2D eigenvalue weighted by molar-refractivity contribution is -0.385. The van der Waals surface area contributed by atoms with Gasteiger partial charge in [0.1, 0.15) is 11.5 Å². The molecule has 41 heteroatoms. The van der Waals surface area contributed by atoms with Crippen molar-refractivity contribution in [3.63, 3.8) is 0 Å². The van der Waals surface area contributed by atoms with Gasteiger partial charge in [-0.3, -0.25) is 49.6 Å². The van der Waals surface area contributed by atoms with Crippen LogP contribution in [0.3, 0.4) is 0 Å². The van der Waals surface area contributed by atoms with Gasteiger partial charge in [0, 0.05) is 298 Å². The minimum absolute atomic E-state index is 0.0649. The Kier molecular flexibility index (Phi) is 71.5. The Morgan fingerprint density at radius 3 is 0.896 bits per heavy atom. The van der Waals surface area contributed by atoms with Gasteiger partial charge in [0.2, 0.25) is 0 Å². The monoisotopic (exact) mass is 1540 g/mol. The minimum atomic E-state index is -0.978. The Labute approximate surface area is 634 Å². The number of carbonyl (C=O) groups is 3. The number of amides is 3. The summed E-state index contributed by atoms with van der Waals surface area (Å²) < 4.78 is 31.3. The zero-order valence-corrected chi connectivity index (χ0v) is 64.8. The fourth-order valence-corrected chi connectivity index (χ4v) is 9.29. The molecule has 3 amide bonds. The number of nitro groups is 2. The molecular weight excluding hydrogens is 1400 g/mol. The second-order valence-electron chi connectivity index (χ2n) is 24.1. The van der Waals surface area contributed by atoms with Crippen LogP contribution >= 0.6 is 11.6 Å². The molecule has 32 N–H and O–H groups in total. The van der Waals surface area contributed by atoms with E-state index in [1.807, 2.05) is 27.7 Å². The van der Waals surface area contributed by atoms with Crippen molar-refractivity contribution in [3.8, 4) is 11.5 Å². The van der Waals surface area contributed by atoms with Crippen molar-refractivity contribution in [1.29, 1.82) is 0 Å². The number of ether oxygens (including phenoxy) is 6. The van der Waals surface area contributed by atoms with Crippen LogP contribution in [0.2, 0.25) is 0 Å². The zero-order valence-electron chi connectivity index (χ0n) is 64.0. The number of hydrogen-bond acceptors (Lipinski definition) is 35. The maximum Gasteiger partial charge on any atom is 0.412 e. The van der Waals surface area contributed by atoms with E-state index in [9.17, 15) is 34.6 Å². The molecule has 2 aromatic rings. The first-order valence-electron chi connectivity index (χ1n) is 36.3. The third kappa shape index (κ3) is 65.6. The van der Waals surface area contributed by atoms with Crippen molar-refractivity contribution in [2.75, 3.05) is 288 Å². The van der Waals surface area contributed by atoms with Crippen LogP contribution in [0.4, 0.5) is 25.8 Å². The van der Waals surface area contributed by atoms with E-state index in [4.69, 9.17) is 110 Å². The fraction of sp³-hybridized carbons (Fsp3) is 0.769. The Morgan fingerprint density at radius 1 is 0.349 bits per heavy atom. The van der Waals surface area contributed by atoms with E-state index in [0.717, 1.165) is 151 Å². The first-order chi connectivity index (χ1) is 50.9. The van der Waals surface area contributed by atoms with Gasteiger partial charge in [-0.1, -0.05) is 0 Å². The predicted molar refractivity (Wildman–Crippen MR) is 420 cm³/mol. The van der Waals surface area contributed by atoms with Gasteiger partial charge in [-0.15, -0.1) is 0 Å². The fourth-order valence-electron chi connectivity index (χ4n) is 9.20. The van der Waals surface area contributed by atoms with Gasteiger partial charge in [0.05, 0.1) is 36.3 Å². The lowest BCUT2D eigenvalue weighted by atomic mass is 10.3. The Bertz CT molecular complexity index is 2360. The van der Waals surface area contributed by atoms with E-state index in [0.29, 0.717) is 138 Å². The highest BCUT2D eigenvalue weighted by Gasteiger charge is 2.20. The van der Waals surface area contributed by atoms with Crippen LogP contribution in [-0.4, -0.2) is 357 Å². The highest BCUT2D eigenvalue weighted by Crippen LogP contribution is 2.19. The summed E-state index contributed by atoms with van der Waals surface area (Å²) in [5, 5.41) is 39.2. The maximum atomic E-state index is 12.1. The van der Waals surface area contributed by atoms with Crippen LogP contribution in [-0.2, 0) is 18.9 Å². The molecular formula is C65H140ClN27O13. The molecule has 0 saturated heterocycles. The molecule has 0 aliphatic heterocycles. The summed E-state index contributed by atoms with van der Waals surface area (Å²) >= 11 is 4.92. The van der Waals surface area contributed by atoms with Crippen molar-refractivity contribution in [3.05, 3.63) is 68.8 Å². The highest BCUT2D eigenvalue weighted by atomic mass is 35.5. The van der Waals surface area contributed by atoms with E-state index < -0.39 is 32.9 Å². The van der Waals surface area contributed by atoms with Crippen LogP contribution in [0.15, 0.2) is 48.5 Å². The molecule has 0 aliphatic carbocycles.